The first-order chi connectivity index (χ1) is 7.88. The maximum absolute atomic E-state index is 3.42. The zero-order valence-electron chi connectivity index (χ0n) is 10.7. The molecule has 0 spiro atoms. The zero-order valence-corrected chi connectivity index (χ0v) is 10.7. The second-order valence-electron chi connectivity index (χ2n) is 5.36. The van der Waals surface area contributed by atoms with E-state index in [0.717, 1.165) is 5.92 Å². The lowest BCUT2D eigenvalue weighted by molar-refractivity contribution is 0.203. The molecule has 3 nitrogen and oxygen atoms in total. The first kappa shape index (κ1) is 12.3. The Bertz CT molecular complexity index is 190. The van der Waals surface area contributed by atoms with E-state index >= 15 is 0 Å². The first-order valence-corrected chi connectivity index (χ1v) is 7.04. The summed E-state index contributed by atoms with van der Waals surface area (Å²) in [4.78, 5) is 5.31. The number of nitrogens with one attached hydrogen (secondary N) is 1. The van der Waals surface area contributed by atoms with Crippen LogP contribution in [0.3, 0.4) is 0 Å². The second kappa shape index (κ2) is 6.58. The van der Waals surface area contributed by atoms with Crippen molar-refractivity contribution in [1.82, 2.24) is 15.1 Å². The van der Waals surface area contributed by atoms with Crippen LogP contribution in [0.25, 0.3) is 0 Å². The molecule has 0 aromatic carbocycles. The van der Waals surface area contributed by atoms with Gasteiger partial charge in [0.25, 0.3) is 0 Å². The highest BCUT2D eigenvalue weighted by molar-refractivity contribution is 4.79. The van der Waals surface area contributed by atoms with Crippen molar-refractivity contribution in [1.29, 1.82) is 0 Å². The summed E-state index contributed by atoms with van der Waals surface area (Å²) in [6.07, 6.45) is 4.13. The minimum Gasteiger partial charge on any atom is -0.314 e. The molecule has 1 N–H and O–H groups in total. The van der Waals surface area contributed by atoms with Crippen molar-refractivity contribution >= 4 is 0 Å². The highest BCUT2D eigenvalue weighted by Crippen LogP contribution is 2.18. The molecule has 0 aromatic heterocycles. The third kappa shape index (κ3) is 3.72. The van der Waals surface area contributed by atoms with Gasteiger partial charge in [-0.2, -0.15) is 0 Å². The molecule has 0 amide bonds. The molecular weight excluding hydrogens is 198 g/mol. The molecule has 2 aliphatic rings. The lowest BCUT2D eigenvalue weighted by Gasteiger charge is -2.29. The Balaban J connectivity index is 1.63. The van der Waals surface area contributed by atoms with E-state index in [4.69, 9.17) is 0 Å². The fourth-order valence-corrected chi connectivity index (χ4v) is 2.91. The normalized spacial score (nSPS) is 28.7. The molecular formula is C13H27N3. The Morgan fingerprint density at radius 2 is 1.94 bits per heavy atom. The molecule has 0 aliphatic carbocycles. The van der Waals surface area contributed by atoms with Crippen LogP contribution in [0.1, 0.15) is 26.2 Å². The summed E-state index contributed by atoms with van der Waals surface area (Å²) in [5.41, 5.74) is 0. The van der Waals surface area contributed by atoms with Gasteiger partial charge in [-0.05, 0) is 31.8 Å². The number of rotatable bonds is 5. The number of hydrogen-bond donors (Lipinski definition) is 1. The molecule has 1 atom stereocenters. The molecule has 2 heterocycles. The van der Waals surface area contributed by atoms with Crippen LogP contribution in [-0.4, -0.2) is 62.2 Å². The van der Waals surface area contributed by atoms with Gasteiger partial charge in [-0.25, -0.2) is 0 Å². The van der Waals surface area contributed by atoms with Gasteiger partial charge < -0.3 is 15.1 Å². The average Bonchev–Trinajstić information content (AvgIpc) is 2.75. The molecule has 1 unspecified atom stereocenters. The predicted octanol–water partition coefficient (Wildman–Crippen LogP) is 1.01. The van der Waals surface area contributed by atoms with Gasteiger partial charge in [0.05, 0.1) is 0 Å². The van der Waals surface area contributed by atoms with Crippen LogP contribution in [-0.2, 0) is 0 Å². The summed E-state index contributed by atoms with van der Waals surface area (Å²) in [6.45, 7) is 12.5. The monoisotopic (exact) mass is 225 g/mol. The summed E-state index contributed by atoms with van der Waals surface area (Å²) in [5.74, 6) is 0.940. The Morgan fingerprint density at radius 3 is 2.69 bits per heavy atom. The van der Waals surface area contributed by atoms with E-state index in [2.05, 4.69) is 22.0 Å². The van der Waals surface area contributed by atoms with Gasteiger partial charge in [-0.1, -0.05) is 13.3 Å². The molecule has 2 rings (SSSR count). The summed E-state index contributed by atoms with van der Waals surface area (Å²) in [7, 11) is 0. The van der Waals surface area contributed by atoms with Gasteiger partial charge in [0.15, 0.2) is 0 Å². The maximum Gasteiger partial charge on any atom is 0.0107 e. The van der Waals surface area contributed by atoms with Crippen molar-refractivity contribution in [2.75, 3.05) is 52.4 Å². The third-order valence-electron chi connectivity index (χ3n) is 3.92. The van der Waals surface area contributed by atoms with Crippen LogP contribution < -0.4 is 5.32 Å². The molecule has 2 aliphatic heterocycles. The first-order valence-electron chi connectivity index (χ1n) is 7.04. The molecule has 2 saturated heterocycles. The molecule has 0 aromatic rings. The Hall–Kier alpha value is -0.120. The van der Waals surface area contributed by atoms with Gasteiger partial charge in [0, 0.05) is 39.3 Å². The zero-order chi connectivity index (χ0) is 11.2. The Morgan fingerprint density at radius 1 is 1.12 bits per heavy atom. The summed E-state index contributed by atoms with van der Waals surface area (Å²) in [6, 6.07) is 0. The minimum atomic E-state index is 0.940. The van der Waals surface area contributed by atoms with Crippen molar-refractivity contribution in [3.05, 3.63) is 0 Å². The largest absolute Gasteiger partial charge is 0.314 e. The van der Waals surface area contributed by atoms with Crippen molar-refractivity contribution in [2.24, 2.45) is 5.92 Å². The van der Waals surface area contributed by atoms with Crippen LogP contribution in [0.15, 0.2) is 0 Å². The van der Waals surface area contributed by atoms with Gasteiger partial charge in [-0.3, -0.25) is 0 Å². The molecule has 0 radical (unpaired) electrons. The van der Waals surface area contributed by atoms with Gasteiger partial charge in [-0.15, -0.1) is 0 Å². The maximum atomic E-state index is 3.42. The van der Waals surface area contributed by atoms with Crippen molar-refractivity contribution < 1.29 is 0 Å². The summed E-state index contributed by atoms with van der Waals surface area (Å²) < 4.78 is 0. The number of hydrogen-bond acceptors (Lipinski definition) is 3. The molecule has 16 heavy (non-hydrogen) atoms. The fourth-order valence-electron chi connectivity index (χ4n) is 2.91. The van der Waals surface area contributed by atoms with E-state index in [1.165, 1.54) is 71.6 Å². The van der Waals surface area contributed by atoms with Crippen LogP contribution >= 0.6 is 0 Å². The topological polar surface area (TPSA) is 18.5 Å². The van der Waals surface area contributed by atoms with Gasteiger partial charge in [0.2, 0.25) is 0 Å². The number of likely N-dealkylation sites (tertiary alicyclic amines) is 1. The SMILES string of the molecule is CCCCN1CCC(CN2CCNCC2)C1. The smallest absolute Gasteiger partial charge is 0.0107 e. The molecule has 94 valence electrons. The van der Waals surface area contributed by atoms with Crippen molar-refractivity contribution in [3.63, 3.8) is 0 Å². The molecule has 0 bridgehead atoms. The van der Waals surface area contributed by atoms with Crippen LogP contribution in [0, 0.1) is 5.92 Å². The lowest BCUT2D eigenvalue weighted by atomic mass is 10.1. The highest BCUT2D eigenvalue weighted by atomic mass is 15.2. The molecule has 0 saturated carbocycles. The summed E-state index contributed by atoms with van der Waals surface area (Å²) >= 11 is 0. The number of piperazine rings is 1. The van der Waals surface area contributed by atoms with Crippen LogP contribution in [0.2, 0.25) is 0 Å². The van der Waals surface area contributed by atoms with E-state index in [-0.39, 0.29) is 0 Å². The van der Waals surface area contributed by atoms with E-state index in [1.807, 2.05) is 0 Å². The molecule has 2 fully saturated rings. The van der Waals surface area contributed by atoms with E-state index < -0.39 is 0 Å². The standard InChI is InChI=1S/C13H27N3/c1-2-3-7-15-8-4-13(11-15)12-16-9-5-14-6-10-16/h13-14H,2-12H2,1H3. The lowest BCUT2D eigenvalue weighted by Crippen LogP contribution is -2.45. The van der Waals surface area contributed by atoms with Gasteiger partial charge >= 0.3 is 0 Å². The predicted molar refractivity (Wildman–Crippen MR) is 68.8 cm³/mol. The summed E-state index contributed by atoms with van der Waals surface area (Å²) in [5, 5.41) is 3.42. The van der Waals surface area contributed by atoms with E-state index in [1.54, 1.807) is 0 Å². The van der Waals surface area contributed by atoms with Gasteiger partial charge in [0.1, 0.15) is 0 Å². The number of unbranched alkanes of at least 4 members (excludes halogenated alkanes) is 1. The Labute approximate surface area is 100 Å². The minimum absolute atomic E-state index is 0.940. The van der Waals surface area contributed by atoms with Crippen molar-refractivity contribution in [3.8, 4) is 0 Å². The third-order valence-corrected chi connectivity index (χ3v) is 3.92. The quantitative estimate of drug-likeness (QED) is 0.753. The second-order valence-corrected chi connectivity index (χ2v) is 5.36. The van der Waals surface area contributed by atoms with Crippen molar-refractivity contribution in [2.45, 2.75) is 26.2 Å². The van der Waals surface area contributed by atoms with Crippen LogP contribution in [0.5, 0.6) is 0 Å². The van der Waals surface area contributed by atoms with Crippen LogP contribution in [0.4, 0.5) is 0 Å². The Kier molecular flexibility index (Phi) is 5.07. The van der Waals surface area contributed by atoms with E-state index in [0.29, 0.717) is 0 Å². The highest BCUT2D eigenvalue weighted by Gasteiger charge is 2.24. The average molecular weight is 225 g/mol. The fraction of sp³-hybridized carbons (Fsp3) is 1.00. The van der Waals surface area contributed by atoms with E-state index in [9.17, 15) is 0 Å². The number of nitrogens with zero attached hydrogens (tertiary/aromatic N) is 2. The molecule has 3 heteroatoms.